The van der Waals surface area contributed by atoms with Crippen molar-refractivity contribution >= 4 is 38.0 Å². The third-order valence-corrected chi connectivity index (χ3v) is 1.79. The van der Waals surface area contributed by atoms with Gasteiger partial charge >= 0.3 is 0 Å². The first kappa shape index (κ1) is 7.08. The van der Waals surface area contributed by atoms with Crippen LogP contribution < -0.4 is 5.19 Å². The molecular formula is C6H4IOSi. The van der Waals surface area contributed by atoms with E-state index < -0.39 is 0 Å². The van der Waals surface area contributed by atoms with Gasteiger partial charge in [-0.3, -0.25) is 0 Å². The van der Waals surface area contributed by atoms with Gasteiger partial charge in [0.15, 0.2) is 0 Å². The molecule has 0 bridgehead atoms. The van der Waals surface area contributed by atoms with Crippen molar-refractivity contribution < 1.29 is 5.11 Å². The quantitative estimate of drug-likeness (QED) is 0.531. The first-order valence-corrected chi connectivity index (χ1v) is 3.97. The van der Waals surface area contributed by atoms with Crippen molar-refractivity contribution in [1.29, 1.82) is 0 Å². The van der Waals surface area contributed by atoms with E-state index in [1.807, 2.05) is 6.07 Å². The lowest BCUT2D eigenvalue weighted by atomic mass is 10.3. The van der Waals surface area contributed by atoms with Gasteiger partial charge in [0.2, 0.25) is 0 Å². The number of phenolic OH excluding ortho intramolecular Hbond substituents is 1. The highest BCUT2D eigenvalue weighted by molar-refractivity contribution is 14.1. The van der Waals surface area contributed by atoms with E-state index in [-0.39, 0.29) is 0 Å². The van der Waals surface area contributed by atoms with Gasteiger partial charge in [0.05, 0.1) is 10.2 Å². The molecule has 0 aliphatic rings. The molecule has 0 amide bonds. The Labute approximate surface area is 70.7 Å². The van der Waals surface area contributed by atoms with Gasteiger partial charge in [-0.25, -0.2) is 0 Å². The monoisotopic (exact) mass is 247 g/mol. The van der Waals surface area contributed by atoms with Gasteiger partial charge in [-0.05, 0) is 34.7 Å². The maximum Gasteiger partial charge on any atom is 0.116 e. The molecule has 0 aliphatic carbocycles. The Balaban J connectivity index is 3.17. The van der Waals surface area contributed by atoms with Crippen molar-refractivity contribution in [3.8, 4) is 5.75 Å². The van der Waals surface area contributed by atoms with Gasteiger partial charge in [0, 0.05) is 3.57 Å². The summed E-state index contributed by atoms with van der Waals surface area (Å²) in [5, 5.41) is 9.86. The van der Waals surface area contributed by atoms with Crippen molar-refractivity contribution in [3.05, 3.63) is 21.8 Å². The van der Waals surface area contributed by atoms with E-state index in [9.17, 15) is 0 Å². The lowest BCUT2D eigenvalue weighted by Crippen LogP contribution is -2.00. The number of hydrogen-bond acceptors (Lipinski definition) is 1. The zero-order valence-electron chi connectivity index (χ0n) is 4.56. The predicted octanol–water partition coefficient (Wildman–Crippen LogP) is 0.791. The molecule has 0 aliphatic heterocycles. The standard InChI is InChI=1S/C6H4IOSi/c7-4-1-5(8)3-6(9)2-4/h1-3,8H. The van der Waals surface area contributed by atoms with E-state index in [4.69, 9.17) is 5.11 Å². The number of phenols is 1. The Morgan fingerprint density at radius 2 is 2.00 bits per heavy atom. The molecule has 1 aromatic carbocycles. The van der Waals surface area contributed by atoms with Crippen LogP contribution >= 0.6 is 22.6 Å². The Kier molecular flexibility index (Phi) is 2.12. The molecule has 0 saturated heterocycles. The smallest absolute Gasteiger partial charge is 0.116 e. The van der Waals surface area contributed by atoms with Crippen molar-refractivity contribution in [1.82, 2.24) is 0 Å². The molecule has 0 unspecified atom stereocenters. The van der Waals surface area contributed by atoms with Crippen LogP contribution in [0.1, 0.15) is 0 Å². The molecule has 1 nitrogen and oxygen atoms in total. The fourth-order valence-corrected chi connectivity index (χ4v) is 1.83. The first-order valence-electron chi connectivity index (χ1n) is 2.39. The summed E-state index contributed by atoms with van der Waals surface area (Å²) in [6.45, 7) is 0. The molecule has 0 heterocycles. The van der Waals surface area contributed by atoms with Crippen LogP contribution in [0, 0.1) is 3.57 Å². The minimum Gasteiger partial charge on any atom is -0.508 e. The van der Waals surface area contributed by atoms with E-state index in [1.165, 1.54) is 0 Å². The zero-order valence-corrected chi connectivity index (χ0v) is 7.71. The molecular weight excluding hydrogens is 243 g/mol. The molecule has 0 saturated carbocycles. The Bertz CT molecular complexity index is 174. The summed E-state index contributed by atoms with van der Waals surface area (Å²) in [4.78, 5) is 0. The summed E-state index contributed by atoms with van der Waals surface area (Å²) in [6.07, 6.45) is 0. The highest BCUT2D eigenvalue weighted by Gasteiger charge is 1.91. The van der Waals surface area contributed by atoms with Gasteiger partial charge < -0.3 is 5.11 Å². The summed E-state index contributed by atoms with van der Waals surface area (Å²) in [5.41, 5.74) is 0. The van der Waals surface area contributed by atoms with Crippen LogP contribution in [0.15, 0.2) is 18.2 Å². The Morgan fingerprint density at radius 1 is 1.33 bits per heavy atom. The molecule has 45 valence electrons. The maximum absolute atomic E-state index is 8.96. The molecule has 1 N–H and O–H groups in total. The second-order valence-corrected chi connectivity index (χ2v) is 3.52. The van der Waals surface area contributed by atoms with E-state index in [0.29, 0.717) is 5.75 Å². The SMILES string of the molecule is Oc1cc([Si])cc(I)c1. The van der Waals surface area contributed by atoms with Crippen LogP contribution in [0.4, 0.5) is 0 Å². The molecule has 3 radical (unpaired) electrons. The average molecular weight is 247 g/mol. The number of aromatic hydroxyl groups is 1. The summed E-state index contributed by atoms with van der Waals surface area (Å²) in [6, 6.07) is 5.28. The molecule has 0 atom stereocenters. The zero-order chi connectivity index (χ0) is 6.85. The third kappa shape index (κ3) is 1.98. The van der Waals surface area contributed by atoms with Crippen molar-refractivity contribution in [2.45, 2.75) is 0 Å². The lowest BCUT2D eigenvalue weighted by Gasteiger charge is -1.94. The molecule has 0 spiro atoms. The highest BCUT2D eigenvalue weighted by atomic mass is 127. The van der Waals surface area contributed by atoms with E-state index >= 15 is 0 Å². The number of benzene rings is 1. The molecule has 1 rings (SSSR count). The van der Waals surface area contributed by atoms with Crippen LogP contribution in [-0.4, -0.2) is 15.3 Å². The van der Waals surface area contributed by atoms with E-state index in [2.05, 4.69) is 32.8 Å². The van der Waals surface area contributed by atoms with Gasteiger partial charge in [-0.2, -0.15) is 0 Å². The van der Waals surface area contributed by atoms with Crippen LogP contribution in [0.3, 0.4) is 0 Å². The van der Waals surface area contributed by atoms with E-state index in [0.717, 1.165) is 8.76 Å². The fourth-order valence-electron chi connectivity index (χ4n) is 0.574. The van der Waals surface area contributed by atoms with Crippen LogP contribution in [-0.2, 0) is 0 Å². The Morgan fingerprint density at radius 3 is 2.44 bits per heavy atom. The average Bonchev–Trinajstić information content (AvgIpc) is 1.59. The van der Waals surface area contributed by atoms with Gasteiger partial charge in [0.25, 0.3) is 0 Å². The molecule has 1 aromatic rings. The topological polar surface area (TPSA) is 20.2 Å². The molecule has 3 heteroatoms. The van der Waals surface area contributed by atoms with Gasteiger partial charge in [0.1, 0.15) is 5.75 Å². The van der Waals surface area contributed by atoms with Crippen molar-refractivity contribution in [3.63, 3.8) is 0 Å². The maximum atomic E-state index is 8.96. The third-order valence-electron chi connectivity index (χ3n) is 0.883. The highest BCUT2D eigenvalue weighted by Crippen LogP contribution is 2.10. The second-order valence-electron chi connectivity index (χ2n) is 1.70. The Hall–Kier alpha value is -0.0331. The largest absolute Gasteiger partial charge is 0.508 e. The van der Waals surface area contributed by atoms with Crippen LogP contribution in [0.2, 0.25) is 0 Å². The van der Waals surface area contributed by atoms with Crippen LogP contribution in [0.25, 0.3) is 0 Å². The number of rotatable bonds is 0. The lowest BCUT2D eigenvalue weighted by molar-refractivity contribution is 0.475. The normalized spacial score (nSPS) is 9.56. The van der Waals surface area contributed by atoms with Gasteiger partial charge in [-0.15, -0.1) is 0 Å². The summed E-state index contributed by atoms with van der Waals surface area (Å²) >= 11 is 2.14. The van der Waals surface area contributed by atoms with Gasteiger partial charge in [-0.1, -0.05) is 11.3 Å². The summed E-state index contributed by atoms with van der Waals surface area (Å²) in [7, 11) is 3.30. The van der Waals surface area contributed by atoms with Crippen molar-refractivity contribution in [2.24, 2.45) is 0 Å². The minimum absolute atomic E-state index is 0.298. The van der Waals surface area contributed by atoms with Crippen molar-refractivity contribution in [2.75, 3.05) is 0 Å². The van der Waals surface area contributed by atoms with E-state index in [1.54, 1.807) is 12.1 Å². The summed E-state index contributed by atoms with van der Waals surface area (Å²) < 4.78 is 1.03. The number of hydrogen-bond donors (Lipinski definition) is 1. The molecule has 0 aromatic heterocycles. The molecule has 9 heavy (non-hydrogen) atoms. The minimum atomic E-state index is 0.298. The first-order chi connectivity index (χ1) is 4.18. The predicted molar refractivity (Wildman–Crippen MR) is 46.2 cm³/mol. The van der Waals surface area contributed by atoms with Crippen LogP contribution in [0.5, 0.6) is 5.75 Å². The number of halogens is 1. The molecule has 0 fully saturated rings. The summed E-state index contributed by atoms with van der Waals surface area (Å²) in [5.74, 6) is 0.298. The fraction of sp³-hybridized carbons (Fsp3) is 0. The second kappa shape index (κ2) is 2.70.